The highest BCUT2D eigenvalue weighted by molar-refractivity contribution is 7.09. The molecular formula is C14H22N2OS. The number of thiophene rings is 1. The number of nitrogens with one attached hydrogen (secondary N) is 1. The van der Waals surface area contributed by atoms with Crippen LogP contribution in [-0.2, 0) is 11.2 Å². The van der Waals surface area contributed by atoms with Gasteiger partial charge < -0.3 is 10.2 Å². The summed E-state index contributed by atoms with van der Waals surface area (Å²) in [5.41, 5.74) is -0.149. The summed E-state index contributed by atoms with van der Waals surface area (Å²) < 4.78 is 0. The van der Waals surface area contributed by atoms with Crippen LogP contribution in [0.25, 0.3) is 0 Å². The molecule has 100 valence electrons. The Morgan fingerprint density at radius 1 is 1.61 bits per heavy atom. The van der Waals surface area contributed by atoms with Crippen LogP contribution < -0.4 is 5.32 Å². The molecule has 3 nitrogen and oxygen atoms in total. The second kappa shape index (κ2) is 5.85. The van der Waals surface area contributed by atoms with Crippen molar-refractivity contribution in [3.63, 3.8) is 0 Å². The molecule has 0 spiro atoms. The number of carbonyl (C=O) groups is 1. The van der Waals surface area contributed by atoms with Gasteiger partial charge in [0.25, 0.3) is 0 Å². The van der Waals surface area contributed by atoms with Gasteiger partial charge in [0.2, 0.25) is 5.91 Å². The minimum atomic E-state index is -0.149. The fourth-order valence-corrected chi connectivity index (χ4v) is 3.32. The third-order valence-corrected chi connectivity index (χ3v) is 4.93. The highest BCUT2D eigenvalue weighted by Gasteiger charge is 2.40. The summed E-state index contributed by atoms with van der Waals surface area (Å²) in [7, 11) is 1.94. The summed E-state index contributed by atoms with van der Waals surface area (Å²) in [4.78, 5) is 15.8. The van der Waals surface area contributed by atoms with Crippen LogP contribution in [0.5, 0.6) is 0 Å². The molecule has 1 unspecified atom stereocenters. The van der Waals surface area contributed by atoms with E-state index in [9.17, 15) is 4.79 Å². The van der Waals surface area contributed by atoms with Gasteiger partial charge >= 0.3 is 0 Å². The summed E-state index contributed by atoms with van der Waals surface area (Å²) in [5.74, 6) is 0.312. The number of hydrogen-bond acceptors (Lipinski definition) is 3. The van der Waals surface area contributed by atoms with Crippen LogP contribution in [-0.4, -0.2) is 37.5 Å². The zero-order valence-electron chi connectivity index (χ0n) is 11.2. The van der Waals surface area contributed by atoms with Crippen LogP contribution in [0.3, 0.4) is 0 Å². The van der Waals surface area contributed by atoms with Crippen molar-refractivity contribution in [1.82, 2.24) is 10.2 Å². The van der Waals surface area contributed by atoms with Gasteiger partial charge in [-0.05, 0) is 37.3 Å². The molecule has 1 amide bonds. The minimum Gasteiger partial charge on any atom is -0.345 e. The van der Waals surface area contributed by atoms with E-state index >= 15 is 0 Å². The first-order valence-electron chi connectivity index (χ1n) is 6.66. The molecule has 1 N–H and O–H groups in total. The van der Waals surface area contributed by atoms with Gasteiger partial charge in [-0.3, -0.25) is 4.79 Å². The van der Waals surface area contributed by atoms with Gasteiger partial charge in [0.05, 0.1) is 5.41 Å². The maximum Gasteiger partial charge on any atom is 0.229 e. The van der Waals surface area contributed by atoms with Crippen molar-refractivity contribution < 1.29 is 4.79 Å². The van der Waals surface area contributed by atoms with E-state index in [0.717, 1.165) is 38.9 Å². The van der Waals surface area contributed by atoms with Gasteiger partial charge in [0, 0.05) is 25.0 Å². The van der Waals surface area contributed by atoms with Crippen molar-refractivity contribution in [1.29, 1.82) is 0 Å². The summed E-state index contributed by atoms with van der Waals surface area (Å²) in [6, 6.07) is 4.20. The molecule has 0 aliphatic carbocycles. The maximum atomic E-state index is 12.5. The number of hydrogen-bond donors (Lipinski definition) is 1. The zero-order valence-corrected chi connectivity index (χ0v) is 12.1. The molecule has 0 aromatic carbocycles. The molecule has 1 atom stereocenters. The molecule has 1 aliphatic rings. The van der Waals surface area contributed by atoms with Crippen molar-refractivity contribution in [3.05, 3.63) is 22.4 Å². The van der Waals surface area contributed by atoms with Crippen molar-refractivity contribution >= 4 is 17.2 Å². The van der Waals surface area contributed by atoms with Crippen molar-refractivity contribution in [2.45, 2.75) is 26.2 Å². The molecular weight excluding hydrogens is 244 g/mol. The Hall–Kier alpha value is -0.870. The third-order valence-electron chi connectivity index (χ3n) is 3.99. The molecule has 18 heavy (non-hydrogen) atoms. The summed E-state index contributed by atoms with van der Waals surface area (Å²) in [6.07, 6.45) is 2.88. The first-order chi connectivity index (χ1) is 8.68. The number of rotatable bonds is 5. The Bertz CT molecular complexity index is 383. The summed E-state index contributed by atoms with van der Waals surface area (Å²) in [5, 5.41) is 5.41. The number of nitrogens with zero attached hydrogens (tertiary/aromatic N) is 1. The van der Waals surface area contributed by atoms with E-state index < -0.39 is 0 Å². The minimum absolute atomic E-state index is 0.149. The second-order valence-electron chi connectivity index (χ2n) is 5.12. The normalized spacial score (nSPS) is 23.2. The molecule has 2 heterocycles. The Kier molecular flexibility index (Phi) is 4.40. The lowest BCUT2D eigenvalue weighted by Gasteiger charge is -2.30. The summed E-state index contributed by atoms with van der Waals surface area (Å²) >= 11 is 1.76. The Labute approximate surface area is 113 Å². The molecule has 0 saturated carbocycles. The molecule has 0 bridgehead atoms. The lowest BCUT2D eigenvalue weighted by Crippen LogP contribution is -2.43. The lowest BCUT2D eigenvalue weighted by atomic mass is 9.83. The van der Waals surface area contributed by atoms with Crippen molar-refractivity contribution in [2.75, 3.05) is 26.7 Å². The molecule has 4 heteroatoms. The van der Waals surface area contributed by atoms with Gasteiger partial charge in [0.1, 0.15) is 0 Å². The average Bonchev–Trinajstić information content (AvgIpc) is 3.06. The Balaban J connectivity index is 1.91. The standard InChI is InChI=1S/C14H22N2OS/c1-3-14(7-8-15-11-14)13(17)16(2)9-6-12-5-4-10-18-12/h4-5,10,15H,3,6-9,11H2,1-2H3. The Morgan fingerprint density at radius 3 is 3.00 bits per heavy atom. The molecule has 1 aromatic heterocycles. The van der Waals surface area contributed by atoms with E-state index in [4.69, 9.17) is 0 Å². The number of amides is 1. The van der Waals surface area contributed by atoms with E-state index in [2.05, 4.69) is 29.8 Å². The quantitative estimate of drug-likeness (QED) is 0.885. The van der Waals surface area contributed by atoms with E-state index in [1.165, 1.54) is 4.88 Å². The van der Waals surface area contributed by atoms with E-state index in [-0.39, 0.29) is 5.41 Å². The highest BCUT2D eigenvalue weighted by atomic mass is 32.1. The summed E-state index contributed by atoms with van der Waals surface area (Å²) in [6.45, 7) is 4.75. The van der Waals surface area contributed by atoms with Crippen LogP contribution in [0, 0.1) is 5.41 Å². The van der Waals surface area contributed by atoms with E-state index in [0.29, 0.717) is 5.91 Å². The first-order valence-corrected chi connectivity index (χ1v) is 7.54. The average molecular weight is 266 g/mol. The SMILES string of the molecule is CCC1(C(=O)N(C)CCc2cccs2)CCNC1. The van der Waals surface area contributed by atoms with E-state index in [1.54, 1.807) is 11.3 Å². The topological polar surface area (TPSA) is 32.3 Å². The predicted molar refractivity (Wildman–Crippen MR) is 75.9 cm³/mol. The molecule has 1 aromatic rings. The number of likely N-dealkylation sites (N-methyl/N-ethyl adjacent to an activating group) is 1. The van der Waals surface area contributed by atoms with Gasteiger partial charge in [0.15, 0.2) is 0 Å². The maximum absolute atomic E-state index is 12.5. The smallest absolute Gasteiger partial charge is 0.229 e. The highest BCUT2D eigenvalue weighted by Crippen LogP contribution is 2.31. The largest absolute Gasteiger partial charge is 0.345 e. The molecule has 1 aliphatic heterocycles. The van der Waals surface area contributed by atoms with Gasteiger partial charge in [-0.1, -0.05) is 13.0 Å². The molecule has 1 fully saturated rings. The van der Waals surface area contributed by atoms with Gasteiger partial charge in [-0.25, -0.2) is 0 Å². The molecule has 0 radical (unpaired) electrons. The van der Waals surface area contributed by atoms with Gasteiger partial charge in [-0.2, -0.15) is 0 Å². The second-order valence-corrected chi connectivity index (χ2v) is 6.15. The van der Waals surface area contributed by atoms with Crippen LogP contribution in [0.2, 0.25) is 0 Å². The predicted octanol–water partition coefficient (Wildman–Crippen LogP) is 2.14. The van der Waals surface area contributed by atoms with Crippen LogP contribution in [0.4, 0.5) is 0 Å². The van der Waals surface area contributed by atoms with Crippen molar-refractivity contribution in [2.24, 2.45) is 5.41 Å². The molecule has 2 rings (SSSR count). The van der Waals surface area contributed by atoms with Crippen molar-refractivity contribution in [3.8, 4) is 0 Å². The first kappa shape index (κ1) is 13.6. The fourth-order valence-electron chi connectivity index (χ4n) is 2.62. The number of carbonyl (C=O) groups excluding carboxylic acids is 1. The Morgan fingerprint density at radius 2 is 2.44 bits per heavy atom. The van der Waals surface area contributed by atoms with Crippen LogP contribution in [0.15, 0.2) is 17.5 Å². The van der Waals surface area contributed by atoms with Crippen LogP contribution >= 0.6 is 11.3 Å². The van der Waals surface area contributed by atoms with Crippen LogP contribution in [0.1, 0.15) is 24.6 Å². The van der Waals surface area contributed by atoms with Gasteiger partial charge in [-0.15, -0.1) is 11.3 Å². The van der Waals surface area contributed by atoms with E-state index in [1.807, 2.05) is 11.9 Å². The fraction of sp³-hybridized carbons (Fsp3) is 0.643. The molecule has 1 saturated heterocycles. The third kappa shape index (κ3) is 2.75. The monoisotopic (exact) mass is 266 g/mol. The lowest BCUT2D eigenvalue weighted by molar-refractivity contribution is -0.139. The zero-order chi connectivity index (χ0) is 13.0.